The number of amides is 2. The summed E-state index contributed by atoms with van der Waals surface area (Å²) in [5, 5.41) is 3.41. The topological polar surface area (TPSA) is 49.4 Å². The second-order valence-electron chi connectivity index (χ2n) is 5.95. The van der Waals surface area contributed by atoms with E-state index >= 15 is 0 Å². The number of benzene rings is 1. The molecule has 104 valence electrons. The molecule has 3 aliphatic heterocycles. The fourth-order valence-electron chi connectivity index (χ4n) is 3.95. The van der Waals surface area contributed by atoms with Crippen molar-refractivity contribution < 1.29 is 9.59 Å². The van der Waals surface area contributed by atoms with Gasteiger partial charge in [0.1, 0.15) is 0 Å². The fraction of sp³-hybridized carbons (Fsp3) is 0.467. The highest BCUT2D eigenvalue weighted by atomic mass is 79.9. The third kappa shape index (κ3) is 1.50. The molecule has 2 bridgehead atoms. The second-order valence-corrected chi connectivity index (χ2v) is 6.81. The first-order chi connectivity index (χ1) is 9.58. The van der Waals surface area contributed by atoms with Gasteiger partial charge < -0.3 is 5.32 Å². The Kier molecular flexibility index (Phi) is 2.60. The standard InChI is InChI=1S/C15H15BrN2O2/c1-7-6-8(2-3-9(7)16)18-14(19)12-10-4-5-11(17-10)13(12)15(18)20/h2-3,6,10-13,17H,4-5H2,1H3/t10?,11?,12-,13+. The van der Waals surface area contributed by atoms with Crippen LogP contribution < -0.4 is 10.2 Å². The molecule has 0 aromatic heterocycles. The first-order valence-corrected chi connectivity index (χ1v) is 7.77. The van der Waals surface area contributed by atoms with Crippen LogP contribution in [0.25, 0.3) is 0 Å². The van der Waals surface area contributed by atoms with Crippen LogP contribution in [0.15, 0.2) is 22.7 Å². The lowest BCUT2D eigenvalue weighted by molar-refractivity contribution is -0.122. The van der Waals surface area contributed by atoms with Crippen molar-refractivity contribution in [2.24, 2.45) is 11.8 Å². The lowest BCUT2D eigenvalue weighted by atomic mass is 9.81. The molecule has 0 radical (unpaired) electrons. The fourth-order valence-corrected chi connectivity index (χ4v) is 4.19. The van der Waals surface area contributed by atoms with Crippen LogP contribution in [-0.2, 0) is 9.59 Å². The predicted molar refractivity (Wildman–Crippen MR) is 78.3 cm³/mol. The Morgan fingerprint density at radius 3 is 2.30 bits per heavy atom. The molecule has 3 aliphatic rings. The zero-order chi connectivity index (χ0) is 14.0. The molecule has 20 heavy (non-hydrogen) atoms. The summed E-state index contributed by atoms with van der Waals surface area (Å²) >= 11 is 3.45. The molecule has 1 N–H and O–H groups in total. The zero-order valence-electron chi connectivity index (χ0n) is 11.1. The van der Waals surface area contributed by atoms with E-state index in [0.717, 1.165) is 22.9 Å². The molecule has 4 rings (SSSR count). The van der Waals surface area contributed by atoms with Gasteiger partial charge in [0.2, 0.25) is 11.8 Å². The van der Waals surface area contributed by atoms with Crippen LogP contribution in [0.5, 0.6) is 0 Å². The number of nitrogens with one attached hydrogen (secondary N) is 1. The lowest BCUT2D eigenvalue weighted by Gasteiger charge is -2.18. The minimum absolute atomic E-state index is 0.0265. The van der Waals surface area contributed by atoms with E-state index in [1.54, 1.807) is 0 Å². The summed E-state index contributed by atoms with van der Waals surface area (Å²) < 4.78 is 0.988. The van der Waals surface area contributed by atoms with E-state index in [4.69, 9.17) is 0 Å². The summed E-state index contributed by atoms with van der Waals surface area (Å²) in [7, 11) is 0. The summed E-state index contributed by atoms with van der Waals surface area (Å²) in [6.45, 7) is 1.96. The first kappa shape index (κ1) is 12.5. The Labute approximate surface area is 125 Å². The highest BCUT2D eigenvalue weighted by Crippen LogP contribution is 2.45. The Balaban J connectivity index is 1.74. The van der Waals surface area contributed by atoms with E-state index in [0.29, 0.717) is 5.69 Å². The number of hydrogen-bond acceptors (Lipinski definition) is 3. The van der Waals surface area contributed by atoms with E-state index in [9.17, 15) is 9.59 Å². The van der Waals surface area contributed by atoms with Gasteiger partial charge in [-0.15, -0.1) is 0 Å². The summed E-state index contributed by atoms with van der Waals surface area (Å²) in [6.07, 6.45) is 2.02. The number of carbonyl (C=O) groups is 2. The molecule has 1 aromatic carbocycles. The molecule has 3 fully saturated rings. The van der Waals surface area contributed by atoms with Crippen molar-refractivity contribution in [2.75, 3.05) is 4.90 Å². The van der Waals surface area contributed by atoms with Crippen molar-refractivity contribution in [3.8, 4) is 0 Å². The van der Waals surface area contributed by atoms with Crippen molar-refractivity contribution in [1.29, 1.82) is 0 Å². The van der Waals surface area contributed by atoms with Crippen LogP contribution in [0.4, 0.5) is 5.69 Å². The van der Waals surface area contributed by atoms with Crippen LogP contribution in [0, 0.1) is 18.8 Å². The van der Waals surface area contributed by atoms with Gasteiger partial charge in [-0.3, -0.25) is 9.59 Å². The number of anilines is 1. The zero-order valence-corrected chi connectivity index (χ0v) is 12.7. The van der Waals surface area contributed by atoms with E-state index in [1.807, 2.05) is 25.1 Å². The maximum absolute atomic E-state index is 12.6. The number of rotatable bonds is 1. The Morgan fingerprint density at radius 1 is 1.15 bits per heavy atom. The maximum atomic E-state index is 12.6. The first-order valence-electron chi connectivity index (χ1n) is 6.98. The normalized spacial score (nSPS) is 35.0. The van der Waals surface area contributed by atoms with Gasteiger partial charge in [0.15, 0.2) is 0 Å². The van der Waals surface area contributed by atoms with Crippen molar-refractivity contribution in [1.82, 2.24) is 5.32 Å². The molecule has 5 heteroatoms. The van der Waals surface area contributed by atoms with E-state index in [2.05, 4.69) is 21.2 Å². The number of hydrogen-bond donors (Lipinski definition) is 1. The Morgan fingerprint density at radius 2 is 1.75 bits per heavy atom. The van der Waals surface area contributed by atoms with Crippen LogP contribution >= 0.6 is 15.9 Å². The molecule has 4 nitrogen and oxygen atoms in total. The molecule has 0 saturated carbocycles. The minimum atomic E-state index is -0.148. The molecule has 0 aliphatic carbocycles. The van der Waals surface area contributed by atoms with Gasteiger partial charge in [-0.2, -0.15) is 0 Å². The third-order valence-electron chi connectivity index (χ3n) is 4.88. The Bertz CT molecular complexity index is 602. The molecular formula is C15H15BrN2O2. The van der Waals surface area contributed by atoms with Gasteiger partial charge in [-0.1, -0.05) is 15.9 Å². The number of carbonyl (C=O) groups excluding carboxylic acids is 2. The van der Waals surface area contributed by atoms with Crippen LogP contribution in [0.3, 0.4) is 0 Å². The number of fused-ring (bicyclic) bond motifs is 5. The molecule has 2 amide bonds. The van der Waals surface area contributed by atoms with Crippen molar-refractivity contribution in [3.05, 3.63) is 28.2 Å². The Hall–Kier alpha value is -1.20. The van der Waals surface area contributed by atoms with Gasteiger partial charge in [0, 0.05) is 16.6 Å². The van der Waals surface area contributed by atoms with Crippen molar-refractivity contribution in [2.45, 2.75) is 31.8 Å². The van der Waals surface area contributed by atoms with E-state index < -0.39 is 0 Å². The summed E-state index contributed by atoms with van der Waals surface area (Å²) in [6, 6.07) is 6.03. The average Bonchev–Trinajstić information content (AvgIpc) is 3.08. The minimum Gasteiger partial charge on any atom is -0.310 e. The van der Waals surface area contributed by atoms with Gasteiger partial charge in [-0.25, -0.2) is 4.90 Å². The van der Waals surface area contributed by atoms with Gasteiger partial charge in [-0.05, 0) is 43.5 Å². The van der Waals surface area contributed by atoms with E-state index in [1.165, 1.54) is 4.90 Å². The molecule has 0 spiro atoms. The maximum Gasteiger partial charge on any atom is 0.239 e. The number of nitrogens with zero attached hydrogens (tertiary/aromatic N) is 1. The summed E-state index contributed by atoms with van der Waals surface area (Å²) in [4.78, 5) is 26.7. The van der Waals surface area contributed by atoms with E-state index in [-0.39, 0.29) is 35.7 Å². The quantitative estimate of drug-likeness (QED) is 0.799. The van der Waals surface area contributed by atoms with Crippen molar-refractivity contribution in [3.63, 3.8) is 0 Å². The smallest absolute Gasteiger partial charge is 0.239 e. The SMILES string of the molecule is Cc1cc(N2C(=O)[C@@H]3C4CCC(N4)[C@@H]3C2=O)ccc1Br. The molecule has 2 unspecified atom stereocenters. The monoisotopic (exact) mass is 334 g/mol. The van der Waals surface area contributed by atoms with Crippen LogP contribution in [0.1, 0.15) is 18.4 Å². The predicted octanol–water partition coefficient (Wildman–Crippen LogP) is 2.00. The molecule has 4 atom stereocenters. The second kappa shape index (κ2) is 4.15. The molecular weight excluding hydrogens is 320 g/mol. The number of aryl methyl sites for hydroxylation is 1. The van der Waals surface area contributed by atoms with Gasteiger partial charge in [0.05, 0.1) is 17.5 Å². The lowest BCUT2D eigenvalue weighted by Crippen LogP contribution is -2.37. The summed E-state index contributed by atoms with van der Waals surface area (Å²) in [5.41, 5.74) is 1.73. The van der Waals surface area contributed by atoms with Crippen molar-refractivity contribution >= 4 is 33.4 Å². The van der Waals surface area contributed by atoms with Gasteiger partial charge in [0.25, 0.3) is 0 Å². The highest BCUT2D eigenvalue weighted by molar-refractivity contribution is 9.10. The van der Waals surface area contributed by atoms with Crippen LogP contribution in [-0.4, -0.2) is 23.9 Å². The van der Waals surface area contributed by atoms with Gasteiger partial charge >= 0.3 is 0 Å². The average molecular weight is 335 g/mol. The highest BCUT2D eigenvalue weighted by Gasteiger charge is 2.61. The molecule has 1 aromatic rings. The largest absolute Gasteiger partial charge is 0.310 e. The third-order valence-corrected chi connectivity index (χ3v) is 5.77. The number of imide groups is 1. The molecule has 3 heterocycles. The number of halogens is 1. The summed E-state index contributed by atoms with van der Waals surface area (Å²) in [5.74, 6) is -0.349. The van der Waals surface area contributed by atoms with Crippen LogP contribution in [0.2, 0.25) is 0 Å². The molecule has 3 saturated heterocycles.